The molecule has 1 aromatic heterocycles. The molecule has 1 heterocycles. The Kier molecular flexibility index (Phi) is 5.06. The van der Waals surface area contributed by atoms with E-state index in [0.717, 1.165) is 23.8 Å². The number of nitrogens with two attached hydrogens (primary N) is 1. The summed E-state index contributed by atoms with van der Waals surface area (Å²) in [5, 5.41) is 0.723. The summed E-state index contributed by atoms with van der Waals surface area (Å²) in [6, 6.07) is 4.29. The highest BCUT2D eigenvalue weighted by Gasteiger charge is 2.24. The van der Waals surface area contributed by atoms with Crippen molar-refractivity contribution in [2.45, 2.75) is 52.1 Å². The summed E-state index contributed by atoms with van der Waals surface area (Å²) in [5.41, 5.74) is 6.68. The maximum atomic E-state index is 6.24. The largest absolute Gasteiger partial charge is 0.384 e. The van der Waals surface area contributed by atoms with Crippen molar-refractivity contribution < 1.29 is 0 Å². The Morgan fingerprint density at radius 1 is 1.37 bits per heavy atom. The molecule has 1 aliphatic rings. The van der Waals surface area contributed by atoms with Crippen LogP contribution in [-0.2, 0) is 6.54 Å². The second-order valence-electron chi connectivity index (χ2n) is 5.93. The van der Waals surface area contributed by atoms with E-state index in [9.17, 15) is 0 Å². The molecule has 4 heteroatoms. The Labute approximate surface area is 121 Å². The maximum Gasteiger partial charge on any atom is 0.123 e. The lowest BCUT2D eigenvalue weighted by Crippen LogP contribution is -2.36. The molecular weight excluding hydrogens is 258 g/mol. The van der Waals surface area contributed by atoms with Crippen LogP contribution in [0.1, 0.15) is 45.2 Å². The topological polar surface area (TPSA) is 42.2 Å². The first-order chi connectivity index (χ1) is 9.06. The van der Waals surface area contributed by atoms with Crippen LogP contribution in [0.2, 0.25) is 5.02 Å². The minimum atomic E-state index is 0.551. The van der Waals surface area contributed by atoms with E-state index in [1.54, 1.807) is 6.07 Å². The van der Waals surface area contributed by atoms with Crippen molar-refractivity contribution in [1.29, 1.82) is 0 Å². The van der Waals surface area contributed by atoms with Crippen molar-refractivity contribution >= 4 is 17.4 Å². The fraction of sp³-hybridized carbons (Fsp3) is 0.667. The first-order valence-electron chi connectivity index (χ1n) is 7.21. The van der Waals surface area contributed by atoms with Gasteiger partial charge in [0.2, 0.25) is 0 Å². The predicted molar refractivity (Wildman–Crippen MR) is 81.2 cm³/mol. The van der Waals surface area contributed by atoms with E-state index in [1.807, 2.05) is 6.07 Å². The Bertz CT molecular complexity index is 414. The zero-order valence-electron chi connectivity index (χ0n) is 11.9. The molecule has 0 atom stereocenters. The molecule has 0 aliphatic heterocycles. The Hall–Kier alpha value is -0.800. The predicted octanol–water partition coefficient (Wildman–Crippen LogP) is 3.72. The fourth-order valence-corrected chi connectivity index (χ4v) is 3.05. The van der Waals surface area contributed by atoms with Crippen LogP contribution >= 0.6 is 11.6 Å². The van der Waals surface area contributed by atoms with Crippen molar-refractivity contribution in [1.82, 2.24) is 9.88 Å². The highest BCUT2D eigenvalue weighted by molar-refractivity contribution is 6.31. The monoisotopic (exact) mass is 281 g/mol. The average Bonchev–Trinajstić information content (AvgIpc) is 2.86. The summed E-state index contributed by atoms with van der Waals surface area (Å²) in [6.07, 6.45) is 5.29. The molecule has 106 valence electrons. The molecule has 0 spiro atoms. The van der Waals surface area contributed by atoms with Gasteiger partial charge in [-0.25, -0.2) is 4.98 Å². The summed E-state index contributed by atoms with van der Waals surface area (Å²) in [6.45, 7) is 6.43. The molecule has 2 rings (SSSR count). The van der Waals surface area contributed by atoms with E-state index in [-0.39, 0.29) is 0 Å². The number of aromatic nitrogens is 1. The van der Waals surface area contributed by atoms with Crippen molar-refractivity contribution in [3.63, 3.8) is 0 Å². The molecule has 1 aliphatic carbocycles. The van der Waals surface area contributed by atoms with Gasteiger partial charge in [0, 0.05) is 19.1 Å². The normalized spacial score (nSPS) is 16.7. The average molecular weight is 282 g/mol. The number of nitrogen functional groups attached to an aromatic ring is 1. The summed E-state index contributed by atoms with van der Waals surface area (Å²) >= 11 is 6.24. The summed E-state index contributed by atoms with van der Waals surface area (Å²) in [5.74, 6) is 1.20. The highest BCUT2D eigenvalue weighted by Crippen LogP contribution is 2.27. The minimum absolute atomic E-state index is 0.551. The molecule has 1 aromatic rings. The van der Waals surface area contributed by atoms with Gasteiger partial charge in [0.25, 0.3) is 0 Å². The molecule has 0 bridgehead atoms. The van der Waals surface area contributed by atoms with Gasteiger partial charge in [-0.1, -0.05) is 38.3 Å². The van der Waals surface area contributed by atoms with Gasteiger partial charge in [-0.2, -0.15) is 0 Å². The van der Waals surface area contributed by atoms with E-state index in [4.69, 9.17) is 17.3 Å². The Balaban J connectivity index is 2.12. The SMILES string of the molecule is CC(C)CN(Cc1nc(N)ccc1Cl)C1CCCC1. The molecule has 0 saturated heterocycles. The third-order valence-electron chi connectivity index (χ3n) is 3.73. The van der Waals surface area contributed by atoms with Gasteiger partial charge in [0.05, 0.1) is 10.7 Å². The quantitative estimate of drug-likeness (QED) is 0.894. The van der Waals surface area contributed by atoms with E-state index in [1.165, 1.54) is 25.7 Å². The van der Waals surface area contributed by atoms with Crippen LogP contribution in [0, 0.1) is 5.92 Å². The number of halogens is 1. The second-order valence-corrected chi connectivity index (χ2v) is 6.33. The standard InChI is InChI=1S/C15H24ClN3/c1-11(2)9-19(12-5-3-4-6-12)10-14-13(16)7-8-15(17)18-14/h7-8,11-12H,3-6,9-10H2,1-2H3,(H2,17,18). The van der Waals surface area contributed by atoms with Gasteiger partial charge < -0.3 is 5.73 Å². The summed E-state index contributed by atoms with van der Waals surface area (Å²) in [4.78, 5) is 6.93. The number of pyridine rings is 1. The van der Waals surface area contributed by atoms with Gasteiger partial charge in [0.15, 0.2) is 0 Å². The fourth-order valence-electron chi connectivity index (χ4n) is 2.89. The molecule has 2 N–H and O–H groups in total. The maximum absolute atomic E-state index is 6.24. The van der Waals surface area contributed by atoms with Gasteiger partial charge >= 0.3 is 0 Å². The van der Waals surface area contributed by atoms with Crippen LogP contribution in [0.4, 0.5) is 5.82 Å². The van der Waals surface area contributed by atoms with Crippen LogP contribution < -0.4 is 5.73 Å². The lowest BCUT2D eigenvalue weighted by molar-refractivity contribution is 0.167. The van der Waals surface area contributed by atoms with Crippen molar-refractivity contribution in [3.8, 4) is 0 Å². The molecule has 0 radical (unpaired) electrons. The van der Waals surface area contributed by atoms with Crippen molar-refractivity contribution in [3.05, 3.63) is 22.8 Å². The lowest BCUT2D eigenvalue weighted by Gasteiger charge is -2.30. The van der Waals surface area contributed by atoms with Gasteiger partial charge in [-0.05, 0) is 30.9 Å². The van der Waals surface area contributed by atoms with Crippen LogP contribution in [0.15, 0.2) is 12.1 Å². The van der Waals surface area contributed by atoms with Crippen LogP contribution in [-0.4, -0.2) is 22.5 Å². The van der Waals surface area contributed by atoms with E-state index >= 15 is 0 Å². The molecule has 0 unspecified atom stereocenters. The number of rotatable bonds is 5. The summed E-state index contributed by atoms with van der Waals surface area (Å²) < 4.78 is 0. The van der Waals surface area contributed by atoms with E-state index < -0.39 is 0 Å². The molecule has 1 saturated carbocycles. The molecule has 3 nitrogen and oxygen atoms in total. The number of nitrogens with zero attached hydrogens (tertiary/aromatic N) is 2. The molecule has 19 heavy (non-hydrogen) atoms. The third-order valence-corrected chi connectivity index (χ3v) is 4.08. The highest BCUT2D eigenvalue weighted by atomic mass is 35.5. The molecular formula is C15H24ClN3. The number of hydrogen-bond donors (Lipinski definition) is 1. The van der Waals surface area contributed by atoms with E-state index in [0.29, 0.717) is 17.8 Å². The van der Waals surface area contributed by atoms with E-state index in [2.05, 4.69) is 23.7 Å². The Morgan fingerprint density at radius 3 is 2.68 bits per heavy atom. The number of hydrogen-bond acceptors (Lipinski definition) is 3. The number of anilines is 1. The first kappa shape index (κ1) is 14.6. The van der Waals surface area contributed by atoms with Crippen LogP contribution in [0.5, 0.6) is 0 Å². The molecule has 0 aromatic carbocycles. The van der Waals surface area contributed by atoms with Crippen molar-refractivity contribution in [2.24, 2.45) is 5.92 Å². The minimum Gasteiger partial charge on any atom is -0.384 e. The molecule has 1 fully saturated rings. The zero-order valence-corrected chi connectivity index (χ0v) is 12.7. The van der Waals surface area contributed by atoms with Gasteiger partial charge in [-0.15, -0.1) is 0 Å². The van der Waals surface area contributed by atoms with Crippen LogP contribution in [0.25, 0.3) is 0 Å². The smallest absolute Gasteiger partial charge is 0.123 e. The van der Waals surface area contributed by atoms with Crippen molar-refractivity contribution in [2.75, 3.05) is 12.3 Å². The van der Waals surface area contributed by atoms with Gasteiger partial charge in [0.1, 0.15) is 5.82 Å². The second kappa shape index (κ2) is 6.58. The Morgan fingerprint density at radius 2 is 2.05 bits per heavy atom. The van der Waals surface area contributed by atoms with Gasteiger partial charge in [-0.3, -0.25) is 4.90 Å². The molecule has 0 amide bonds. The zero-order chi connectivity index (χ0) is 13.8. The van der Waals surface area contributed by atoms with Crippen LogP contribution in [0.3, 0.4) is 0 Å². The lowest BCUT2D eigenvalue weighted by atomic mass is 10.1. The summed E-state index contributed by atoms with van der Waals surface area (Å²) in [7, 11) is 0. The third kappa shape index (κ3) is 4.08. The first-order valence-corrected chi connectivity index (χ1v) is 7.59.